The molecule has 1 aliphatic heterocycles. The standard InChI is InChI=1S/C9H14N4O2/c10-2-6-7(11)5-1-4(3-14)15-9(5)13-8(6)12/h4,14H,1-3,10H2,(H4,11,12,13). The first kappa shape index (κ1) is 10.0. The SMILES string of the molecule is NCc1c(N)nc2c(c1N)CC(CO)O2. The highest BCUT2D eigenvalue weighted by molar-refractivity contribution is 5.66. The molecule has 1 atom stereocenters. The summed E-state index contributed by atoms with van der Waals surface area (Å²) in [6.45, 7) is 0.190. The maximum absolute atomic E-state index is 8.98. The lowest BCUT2D eigenvalue weighted by atomic mass is 10.1. The summed E-state index contributed by atoms with van der Waals surface area (Å²) in [7, 11) is 0. The van der Waals surface area contributed by atoms with Crippen LogP contribution >= 0.6 is 0 Å². The molecule has 1 aromatic rings. The van der Waals surface area contributed by atoms with Gasteiger partial charge in [0, 0.05) is 29.8 Å². The second kappa shape index (κ2) is 3.56. The molecule has 0 spiro atoms. The summed E-state index contributed by atoms with van der Waals surface area (Å²) in [6, 6.07) is 0. The first-order chi connectivity index (χ1) is 7.17. The summed E-state index contributed by atoms with van der Waals surface area (Å²) in [5.74, 6) is 0.716. The number of rotatable bonds is 2. The van der Waals surface area contributed by atoms with Crippen molar-refractivity contribution in [1.29, 1.82) is 0 Å². The van der Waals surface area contributed by atoms with Gasteiger partial charge in [0.15, 0.2) is 0 Å². The summed E-state index contributed by atoms with van der Waals surface area (Å²) in [6.07, 6.45) is 0.278. The van der Waals surface area contributed by atoms with Gasteiger partial charge in [0.2, 0.25) is 5.88 Å². The molecule has 6 nitrogen and oxygen atoms in total. The highest BCUT2D eigenvalue weighted by Gasteiger charge is 2.27. The lowest BCUT2D eigenvalue weighted by molar-refractivity contribution is 0.131. The Kier molecular flexibility index (Phi) is 2.37. The van der Waals surface area contributed by atoms with Crippen LogP contribution in [0.2, 0.25) is 0 Å². The minimum Gasteiger partial charge on any atom is -0.471 e. The third-order valence-corrected chi connectivity index (χ3v) is 2.56. The number of aliphatic hydroxyl groups excluding tert-OH is 1. The van der Waals surface area contributed by atoms with E-state index in [-0.39, 0.29) is 19.3 Å². The summed E-state index contributed by atoms with van der Waals surface area (Å²) >= 11 is 0. The average Bonchev–Trinajstić information content (AvgIpc) is 2.61. The third kappa shape index (κ3) is 1.47. The van der Waals surface area contributed by atoms with E-state index in [1.165, 1.54) is 0 Å². The Morgan fingerprint density at radius 3 is 2.80 bits per heavy atom. The Morgan fingerprint density at radius 1 is 1.47 bits per heavy atom. The summed E-state index contributed by atoms with van der Waals surface area (Å²) in [5.41, 5.74) is 19.1. The molecule has 7 N–H and O–H groups in total. The van der Waals surface area contributed by atoms with Crippen LogP contribution in [0.15, 0.2) is 0 Å². The zero-order valence-corrected chi connectivity index (χ0v) is 8.23. The molecule has 1 unspecified atom stereocenters. The molecule has 0 amide bonds. The lowest BCUT2D eigenvalue weighted by Gasteiger charge is -2.09. The van der Waals surface area contributed by atoms with Crippen molar-refractivity contribution in [3.63, 3.8) is 0 Å². The van der Waals surface area contributed by atoms with Crippen molar-refractivity contribution in [2.24, 2.45) is 5.73 Å². The molecule has 1 aliphatic rings. The zero-order valence-electron chi connectivity index (χ0n) is 8.23. The van der Waals surface area contributed by atoms with Crippen molar-refractivity contribution in [3.05, 3.63) is 11.1 Å². The fraction of sp³-hybridized carbons (Fsp3) is 0.444. The number of pyridine rings is 1. The molecule has 0 saturated carbocycles. The van der Waals surface area contributed by atoms with Crippen LogP contribution in [0.5, 0.6) is 5.88 Å². The van der Waals surface area contributed by atoms with Gasteiger partial charge >= 0.3 is 0 Å². The van der Waals surface area contributed by atoms with Crippen molar-refractivity contribution in [3.8, 4) is 5.88 Å². The number of aliphatic hydroxyl groups is 1. The molecule has 0 aromatic carbocycles. The molecule has 6 heteroatoms. The van der Waals surface area contributed by atoms with Gasteiger partial charge in [-0.15, -0.1) is 0 Å². The molecule has 0 bridgehead atoms. The Morgan fingerprint density at radius 2 is 2.20 bits per heavy atom. The van der Waals surface area contributed by atoms with E-state index >= 15 is 0 Å². The molecule has 15 heavy (non-hydrogen) atoms. The van der Waals surface area contributed by atoms with Crippen LogP contribution in [-0.4, -0.2) is 22.8 Å². The largest absolute Gasteiger partial charge is 0.471 e. The van der Waals surface area contributed by atoms with E-state index < -0.39 is 0 Å². The van der Waals surface area contributed by atoms with Crippen molar-refractivity contribution < 1.29 is 9.84 Å². The smallest absolute Gasteiger partial charge is 0.221 e. The number of fused-ring (bicyclic) bond motifs is 1. The molecular weight excluding hydrogens is 196 g/mol. The Labute approximate surface area is 87.0 Å². The van der Waals surface area contributed by atoms with E-state index in [9.17, 15) is 0 Å². The van der Waals surface area contributed by atoms with Gasteiger partial charge in [0.25, 0.3) is 0 Å². The quantitative estimate of drug-likeness (QED) is 0.497. The maximum Gasteiger partial charge on any atom is 0.221 e. The van der Waals surface area contributed by atoms with Crippen LogP contribution in [0.4, 0.5) is 11.5 Å². The second-order valence-electron chi connectivity index (χ2n) is 3.50. The van der Waals surface area contributed by atoms with Crippen LogP contribution in [0, 0.1) is 0 Å². The van der Waals surface area contributed by atoms with Gasteiger partial charge in [-0.2, -0.15) is 4.98 Å². The fourth-order valence-corrected chi connectivity index (χ4v) is 1.72. The Balaban J connectivity index is 2.47. The molecule has 0 radical (unpaired) electrons. The lowest BCUT2D eigenvalue weighted by Crippen LogP contribution is -2.17. The highest BCUT2D eigenvalue weighted by Crippen LogP contribution is 2.35. The van der Waals surface area contributed by atoms with Crippen molar-refractivity contribution in [2.75, 3.05) is 18.1 Å². The first-order valence-electron chi connectivity index (χ1n) is 4.71. The maximum atomic E-state index is 8.98. The van der Waals surface area contributed by atoms with E-state index in [2.05, 4.69) is 4.98 Å². The van der Waals surface area contributed by atoms with Crippen LogP contribution in [0.3, 0.4) is 0 Å². The number of ether oxygens (including phenoxy) is 1. The zero-order chi connectivity index (χ0) is 11.0. The molecule has 0 aliphatic carbocycles. The predicted molar refractivity (Wildman–Crippen MR) is 56.2 cm³/mol. The van der Waals surface area contributed by atoms with Crippen LogP contribution in [0.25, 0.3) is 0 Å². The second-order valence-corrected chi connectivity index (χ2v) is 3.50. The van der Waals surface area contributed by atoms with Crippen LogP contribution in [-0.2, 0) is 13.0 Å². The van der Waals surface area contributed by atoms with E-state index in [1.54, 1.807) is 0 Å². The number of nitrogens with zero attached hydrogens (tertiary/aromatic N) is 1. The molecule has 2 rings (SSSR count). The summed E-state index contributed by atoms with van der Waals surface area (Å²) in [4.78, 5) is 4.07. The van der Waals surface area contributed by atoms with Gasteiger partial charge in [0.05, 0.1) is 6.61 Å². The summed E-state index contributed by atoms with van der Waals surface area (Å²) < 4.78 is 5.36. The Bertz CT molecular complexity index is 394. The molecule has 2 heterocycles. The normalized spacial score (nSPS) is 18.7. The highest BCUT2D eigenvalue weighted by atomic mass is 16.5. The number of nitrogens with two attached hydrogens (primary N) is 3. The third-order valence-electron chi connectivity index (χ3n) is 2.56. The monoisotopic (exact) mass is 210 g/mol. The van der Waals surface area contributed by atoms with E-state index in [1.807, 2.05) is 0 Å². The Hall–Kier alpha value is -1.53. The average molecular weight is 210 g/mol. The predicted octanol–water partition coefficient (Wildman–Crippen LogP) is -1.000. The van der Waals surface area contributed by atoms with Crippen molar-refractivity contribution in [1.82, 2.24) is 4.98 Å². The minimum absolute atomic E-state index is 0.0618. The molecule has 0 saturated heterocycles. The summed E-state index contributed by atoms with van der Waals surface area (Å²) in [5, 5.41) is 8.98. The van der Waals surface area contributed by atoms with E-state index in [0.29, 0.717) is 29.4 Å². The number of aromatic nitrogens is 1. The molecule has 82 valence electrons. The molecular formula is C9H14N4O2. The minimum atomic E-state index is -0.276. The number of nitrogen functional groups attached to an aromatic ring is 2. The van der Waals surface area contributed by atoms with Gasteiger partial charge in [-0.25, -0.2) is 0 Å². The topological polar surface area (TPSA) is 120 Å². The number of hydrogen-bond donors (Lipinski definition) is 4. The van der Waals surface area contributed by atoms with Crippen molar-refractivity contribution in [2.45, 2.75) is 19.1 Å². The van der Waals surface area contributed by atoms with Gasteiger partial charge in [0.1, 0.15) is 11.9 Å². The van der Waals surface area contributed by atoms with E-state index in [0.717, 1.165) is 5.56 Å². The number of anilines is 2. The van der Waals surface area contributed by atoms with Gasteiger partial charge in [-0.3, -0.25) is 0 Å². The van der Waals surface area contributed by atoms with Crippen LogP contribution in [0.1, 0.15) is 11.1 Å². The van der Waals surface area contributed by atoms with Crippen LogP contribution < -0.4 is 21.9 Å². The van der Waals surface area contributed by atoms with Crippen molar-refractivity contribution >= 4 is 11.5 Å². The number of hydrogen-bond acceptors (Lipinski definition) is 6. The first-order valence-corrected chi connectivity index (χ1v) is 4.71. The molecule has 0 fully saturated rings. The van der Waals surface area contributed by atoms with Gasteiger partial charge in [-0.1, -0.05) is 0 Å². The van der Waals surface area contributed by atoms with Gasteiger partial charge < -0.3 is 27.0 Å². The fourth-order valence-electron chi connectivity index (χ4n) is 1.72. The van der Waals surface area contributed by atoms with Gasteiger partial charge in [-0.05, 0) is 0 Å². The molecule has 1 aromatic heterocycles. The van der Waals surface area contributed by atoms with E-state index in [4.69, 9.17) is 27.0 Å².